The van der Waals surface area contributed by atoms with Gasteiger partial charge in [0.05, 0.1) is 6.54 Å². The Kier molecular flexibility index (Phi) is 4.53. The van der Waals surface area contributed by atoms with E-state index in [-0.39, 0.29) is 6.54 Å². The Labute approximate surface area is 59.0 Å². The van der Waals surface area contributed by atoms with Crippen molar-refractivity contribution in [2.45, 2.75) is 0 Å². The lowest BCUT2D eigenvalue weighted by molar-refractivity contribution is -0.137. The molecule has 4 heteroatoms. The van der Waals surface area contributed by atoms with Crippen LogP contribution in [0.2, 0.25) is 0 Å². The van der Waals surface area contributed by atoms with Gasteiger partial charge < -0.3 is 5.11 Å². The van der Waals surface area contributed by atoms with E-state index >= 15 is 0 Å². The van der Waals surface area contributed by atoms with Gasteiger partial charge in [-0.3, -0.25) is 9.69 Å². The molecule has 0 amide bonds. The third kappa shape index (κ3) is 5.65. The highest BCUT2D eigenvalue weighted by Gasteiger charge is 2.00. The number of nitrogens with zero attached hydrogens (tertiary/aromatic N) is 1. The van der Waals surface area contributed by atoms with Gasteiger partial charge in [0.1, 0.15) is 0 Å². The largest absolute Gasteiger partial charge is 0.480 e. The normalized spacial score (nSPS) is 10.1. The first-order chi connectivity index (χ1) is 4.16. The van der Waals surface area contributed by atoms with Crippen LogP contribution in [0.5, 0.6) is 0 Å². The first-order valence-corrected chi connectivity index (χ1v) is 3.95. The zero-order valence-corrected chi connectivity index (χ0v) is 6.44. The zero-order valence-electron chi connectivity index (χ0n) is 5.63. The molecule has 9 heavy (non-hydrogen) atoms. The molecule has 0 fully saturated rings. The smallest absolute Gasteiger partial charge is 0.317 e. The summed E-state index contributed by atoms with van der Waals surface area (Å²) in [6.07, 6.45) is 1.94. The summed E-state index contributed by atoms with van der Waals surface area (Å²) in [6, 6.07) is 0. The highest BCUT2D eigenvalue weighted by Crippen LogP contribution is 1.93. The molecule has 0 radical (unpaired) electrons. The molecule has 0 saturated carbocycles. The average Bonchev–Trinajstić information content (AvgIpc) is 1.63. The van der Waals surface area contributed by atoms with Gasteiger partial charge in [0, 0.05) is 5.88 Å². The first kappa shape index (κ1) is 8.78. The Balaban J connectivity index is 3.26. The number of carbonyl (C=O) groups is 1. The van der Waals surface area contributed by atoms with Crippen molar-refractivity contribution in [3.05, 3.63) is 0 Å². The van der Waals surface area contributed by atoms with Gasteiger partial charge in [0.25, 0.3) is 0 Å². The van der Waals surface area contributed by atoms with Crippen molar-refractivity contribution in [1.82, 2.24) is 4.90 Å². The monoisotopic (exact) mass is 149 g/mol. The van der Waals surface area contributed by atoms with Crippen LogP contribution in [0.3, 0.4) is 0 Å². The van der Waals surface area contributed by atoms with E-state index < -0.39 is 5.97 Å². The molecule has 0 aromatic heterocycles. The molecule has 0 aliphatic heterocycles. The second-order valence-electron chi connectivity index (χ2n) is 1.83. The fourth-order valence-electron chi connectivity index (χ4n) is 0.497. The van der Waals surface area contributed by atoms with E-state index in [2.05, 4.69) is 0 Å². The number of thioether (sulfide) groups is 1. The van der Waals surface area contributed by atoms with E-state index in [0.29, 0.717) is 0 Å². The standard InChI is InChI=1S/C5H11NO2S/c1-6(4-9-2)3-5(7)8/h3-4H2,1-2H3,(H,7,8). The van der Waals surface area contributed by atoms with Crippen LogP contribution in [-0.4, -0.2) is 41.7 Å². The van der Waals surface area contributed by atoms with E-state index in [1.54, 1.807) is 23.7 Å². The molecule has 0 bridgehead atoms. The van der Waals surface area contributed by atoms with Crippen molar-refractivity contribution in [1.29, 1.82) is 0 Å². The van der Waals surface area contributed by atoms with Crippen LogP contribution in [0.1, 0.15) is 0 Å². The second kappa shape index (κ2) is 4.64. The molecular weight excluding hydrogens is 138 g/mol. The third-order valence-electron chi connectivity index (χ3n) is 0.755. The number of carboxylic acids is 1. The predicted molar refractivity (Wildman–Crippen MR) is 38.6 cm³/mol. The van der Waals surface area contributed by atoms with Gasteiger partial charge in [-0.05, 0) is 13.3 Å². The molecule has 3 nitrogen and oxygen atoms in total. The van der Waals surface area contributed by atoms with Crippen LogP contribution < -0.4 is 0 Å². The molecule has 0 aromatic rings. The Morgan fingerprint density at radius 2 is 2.33 bits per heavy atom. The Morgan fingerprint density at radius 1 is 1.78 bits per heavy atom. The Morgan fingerprint density at radius 3 is 2.67 bits per heavy atom. The van der Waals surface area contributed by atoms with Gasteiger partial charge in [-0.25, -0.2) is 0 Å². The minimum absolute atomic E-state index is 0.126. The number of likely N-dealkylation sites (N-methyl/N-ethyl adjacent to an activating group) is 1. The minimum Gasteiger partial charge on any atom is -0.480 e. The lowest BCUT2D eigenvalue weighted by Crippen LogP contribution is -2.24. The molecule has 54 valence electrons. The number of rotatable bonds is 4. The Hall–Kier alpha value is -0.220. The summed E-state index contributed by atoms with van der Waals surface area (Å²) in [6.45, 7) is 0.126. The second-order valence-corrected chi connectivity index (χ2v) is 2.66. The van der Waals surface area contributed by atoms with Crippen molar-refractivity contribution in [2.24, 2.45) is 0 Å². The van der Waals surface area contributed by atoms with Crippen LogP contribution in [0.25, 0.3) is 0 Å². The van der Waals surface area contributed by atoms with E-state index in [9.17, 15) is 4.79 Å². The molecule has 0 aromatic carbocycles. The average molecular weight is 149 g/mol. The van der Waals surface area contributed by atoms with E-state index in [1.165, 1.54) is 0 Å². The molecular formula is C5H11NO2S. The van der Waals surface area contributed by atoms with Crippen molar-refractivity contribution < 1.29 is 9.90 Å². The summed E-state index contributed by atoms with van der Waals surface area (Å²) < 4.78 is 0. The van der Waals surface area contributed by atoms with Crippen molar-refractivity contribution >= 4 is 17.7 Å². The van der Waals surface area contributed by atoms with Crippen LogP contribution in [0, 0.1) is 0 Å². The topological polar surface area (TPSA) is 40.5 Å². The van der Waals surface area contributed by atoms with Crippen LogP contribution in [0.15, 0.2) is 0 Å². The van der Waals surface area contributed by atoms with Crippen LogP contribution in [-0.2, 0) is 4.79 Å². The molecule has 0 aliphatic carbocycles. The number of hydrogen-bond donors (Lipinski definition) is 1. The third-order valence-corrected chi connectivity index (χ3v) is 1.45. The van der Waals surface area contributed by atoms with E-state index in [0.717, 1.165) is 5.88 Å². The highest BCUT2D eigenvalue weighted by molar-refractivity contribution is 7.98. The summed E-state index contributed by atoms with van der Waals surface area (Å²) in [4.78, 5) is 11.8. The first-order valence-electron chi connectivity index (χ1n) is 2.56. The SMILES string of the molecule is CSCN(C)CC(=O)O. The molecule has 0 rings (SSSR count). The van der Waals surface area contributed by atoms with Gasteiger partial charge in [0.15, 0.2) is 0 Å². The summed E-state index contributed by atoms with van der Waals surface area (Å²) in [5, 5.41) is 8.26. The summed E-state index contributed by atoms with van der Waals surface area (Å²) >= 11 is 1.61. The maximum Gasteiger partial charge on any atom is 0.317 e. The van der Waals surface area contributed by atoms with Crippen molar-refractivity contribution in [2.75, 3.05) is 25.7 Å². The molecule has 0 heterocycles. The maximum absolute atomic E-state index is 10.0. The molecule has 0 saturated heterocycles. The number of hydrogen-bond acceptors (Lipinski definition) is 3. The van der Waals surface area contributed by atoms with Crippen LogP contribution in [0.4, 0.5) is 0 Å². The van der Waals surface area contributed by atoms with Gasteiger partial charge in [-0.15, -0.1) is 11.8 Å². The summed E-state index contributed by atoms with van der Waals surface area (Å²) in [7, 11) is 1.78. The fraction of sp³-hybridized carbons (Fsp3) is 0.800. The minimum atomic E-state index is -0.772. The van der Waals surface area contributed by atoms with Gasteiger partial charge in [-0.1, -0.05) is 0 Å². The zero-order chi connectivity index (χ0) is 7.28. The fourth-order valence-corrected chi connectivity index (χ4v) is 1.03. The lowest BCUT2D eigenvalue weighted by Gasteiger charge is -2.10. The predicted octanol–water partition coefficient (Wildman–Crippen LogP) is 0.323. The summed E-state index contributed by atoms with van der Waals surface area (Å²) in [5.41, 5.74) is 0. The molecule has 0 spiro atoms. The summed E-state index contributed by atoms with van der Waals surface area (Å²) in [5.74, 6) is -0.00157. The van der Waals surface area contributed by atoms with Gasteiger partial charge in [-0.2, -0.15) is 0 Å². The van der Waals surface area contributed by atoms with Crippen molar-refractivity contribution in [3.8, 4) is 0 Å². The van der Waals surface area contributed by atoms with Crippen molar-refractivity contribution in [3.63, 3.8) is 0 Å². The molecule has 1 N–H and O–H groups in total. The van der Waals surface area contributed by atoms with Crippen LogP contribution >= 0.6 is 11.8 Å². The lowest BCUT2D eigenvalue weighted by atomic mass is 10.6. The number of aliphatic carboxylic acids is 1. The van der Waals surface area contributed by atoms with E-state index in [4.69, 9.17) is 5.11 Å². The van der Waals surface area contributed by atoms with E-state index in [1.807, 2.05) is 6.26 Å². The highest BCUT2D eigenvalue weighted by atomic mass is 32.2. The maximum atomic E-state index is 10.0. The molecule has 0 atom stereocenters. The Bertz CT molecular complexity index is 97.0. The number of carboxylic acid groups (broad SMARTS) is 1. The molecule has 0 aliphatic rings. The van der Waals surface area contributed by atoms with Gasteiger partial charge >= 0.3 is 5.97 Å². The molecule has 0 unspecified atom stereocenters. The quantitative estimate of drug-likeness (QED) is 0.584. The van der Waals surface area contributed by atoms with Gasteiger partial charge in [0.2, 0.25) is 0 Å².